The van der Waals surface area contributed by atoms with Gasteiger partial charge < -0.3 is 0 Å². The van der Waals surface area contributed by atoms with Crippen LogP contribution in [0.25, 0.3) is 0 Å². The van der Waals surface area contributed by atoms with Gasteiger partial charge in [0.15, 0.2) is 0 Å². The van der Waals surface area contributed by atoms with E-state index in [-0.39, 0.29) is 7.43 Å². The molecule has 0 spiro atoms. The van der Waals surface area contributed by atoms with Gasteiger partial charge in [-0.25, -0.2) is 0 Å². The van der Waals surface area contributed by atoms with Gasteiger partial charge in [-0.1, -0.05) is 7.43 Å². The van der Waals surface area contributed by atoms with Gasteiger partial charge in [0.25, 0.3) is 0 Å². The molecule has 0 aliphatic carbocycles. The Bertz CT molecular complexity index is 109. The molecule has 0 aromatic heterocycles. The quantitative estimate of drug-likeness (QED) is 0.289. The van der Waals surface area contributed by atoms with Crippen molar-refractivity contribution >= 4 is 76.1 Å². The topological polar surface area (TPSA) is 0 Å². The van der Waals surface area contributed by atoms with Crippen molar-refractivity contribution in [3.05, 3.63) is 0 Å². The predicted molar refractivity (Wildman–Crippen MR) is 53.0 cm³/mol. The fourth-order valence-corrected chi connectivity index (χ4v) is 0. The zero-order valence-electron chi connectivity index (χ0n) is 4.67. The van der Waals surface area contributed by atoms with Crippen LogP contribution in [0.2, 0.25) is 0 Å². The summed E-state index contributed by atoms with van der Waals surface area (Å²) in [6.07, 6.45) is 0. The molecule has 0 aliphatic rings. The second-order valence-electron chi connectivity index (χ2n) is 1.28. The van der Waals surface area contributed by atoms with Gasteiger partial charge >= 0.3 is 90.2 Å². The van der Waals surface area contributed by atoms with Crippen LogP contribution in [-0.2, 0) is 0 Å². The molecular formula is CH4Cl5F5Sb2. The Hall–Kier alpha value is 2.74. The summed E-state index contributed by atoms with van der Waals surface area (Å²) in [5.74, 6) is 0. The third kappa shape index (κ3) is 319. The average molecular weight is 532 g/mol. The fraction of sp³-hybridized carbons (Fsp3) is 1.00. The Kier molecular flexibility index (Phi) is 8.72. The molecule has 13 heavy (non-hydrogen) atoms. The molecule has 0 rings (SSSR count). The van der Waals surface area contributed by atoms with Gasteiger partial charge in [-0.2, -0.15) is 0 Å². The Balaban J connectivity index is -0.000000143. The van der Waals surface area contributed by atoms with Crippen LogP contribution < -0.4 is 0 Å². The number of hydrogen-bond donors (Lipinski definition) is 0. The van der Waals surface area contributed by atoms with Crippen LogP contribution in [0.1, 0.15) is 7.43 Å². The van der Waals surface area contributed by atoms with E-state index < -0.39 is 32.0 Å². The number of halogens is 10. The van der Waals surface area contributed by atoms with Crippen LogP contribution in [0.4, 0.5) is 14.1 Å². The van der Waals surface area contributed by atoms with E-state index in [0.717, 1.165) is 0 Å². The first-order chi connectivity index (χ1) is 4.47. The summed E-state index contributed by atoms with van der Waals surface area (Å²) in [6.45, 7) is 0. The second-order valence-corrected chi connectivity index (χ2v) is 42.9. The van der Waals surface area contributed by atoms with Crippen LogP contribution in [-0.4, -0.2) is 32.0 Å². The molecule has 0 fully saturated rings. The zero-order chi connectivity index (χ0) is 10.9. The summed E-state index contributed by atoms with van der Waals surface area (Å²) >= 11 is -13.5. The second kappa shape index (κ2) is 5.38. The number of hydrogen-bond acceptors (Lipinski definition) is 0. The molecule has 0 radical (unpaired) electrons. The van der Waals surface area contributed by atoms with Crippen LogP contribution in [0, 0.1) is 0 Å². The van der Waals surface area contributed by atoms with E-state index in [0.29, 0.717) is 0 Å². The molecule has 0 aliphatic heterocycles. The predicted octanol–water partition coefficient (Wildman–Crippen LogP) is 5.42. The van der Waals surface area contributed by atoms with Crippen LogP contribution >= 0.6 is 44.1 Å². The van der Waals surface area contributed by atoms with Gasteiger partial charge in [-0.3, -0.25) is 0 Å². The summed E-state index contributed by atoms with van der Waals surface area (Å²) in [4.78, 5) is 0. The van der Waals surface area contributed by atoms with Crippen molar-refractivity contribution < 1.29 is 14.1 Å². The molecule has 0 aromatic rings. The van der Waals surface area contributed by atoms with Crippen molar-refractivity contribution in [1.82, 2.24) is 0 Å². The Morgan fingerprint density at radius 1 is 0.615 bits per heavy atom. The van der Waals surface area contributed by atoms with Gasteiger partial charge in [0.1, 0.15) is 0 Å². The monoisotopic (exact) mass is 528 g/mol. The molecule has 12 heteroatoms. The Morgan fingerprint density at radius 2 is 0.615 bits per heavy atom. The molecule has 0 N–H and O–H groups in total. The molecule has 0 bridgehead atoms. The Morgan fingerprint density at radius 3 is 0.615 bits per heavy atom. The zero-order valence-corrected chi connectivity index (χ0v) is 13.6. The normalized spacial score (nSPS) is 17.7. The summed E-state index contributed by atoms with van der Waals surface area (Å²) in [6, 6.07) is 0. The van der Waals surface area contributed by atoms with Gasteiger partial charge in [0.05, 0.1) is 0 Å². The minimum absolute atomic E-state index is 0. The molecule has 0 atom stereocenters. The van der Waals surface area contributed by atoms with Crippen molar-refractivity contribution in [3.8, 4) is 0 Å². The van der Waals surface area contributed by atoms with Gasteiger partial charge in [-0.15, -0.1) is 0 Å². The first kappa shape index (κ1) is 21.1. The van der Waals surface area contributed by atoms with Crippen molar-refractivity contribution in [2.75, 3.05) is 0 Å². The van der Waals surface area contributed by atoms with E-state index in [1.165, 1.54) is 0 Å². The molecule has 88 valence electrons. The van der Waals surface area contributed by atoms with Crippen molar-refractivity contribution in [2.24, 2.45) is 0 Å². The molecule has 0 heterocycles. The van der Waals surface area contributed by atoms with E-state index in [1.807, 2.05) is 0 Å². The first-order valence-corrected chi connectivity index (χ1v) is 22.7. The molecule has 0 nitrogen and oxygen atoms in total. The maximum absolute atomic E-state index is 9.91. The first-order valence-electron chi connectivity index (χ1n) is 1.69. The van der Waals surface area contributed by atoms with Crippen molar-refractivity contribution in [3.63, 3.8) is 0 Å². The maximum atomic E-state index is 9.91. The van der Waals surface area contributed by atoms with E-state index in [4.69, 9.17) is 44.1 Å². The third-order valence-corrected chi connectivity index (χ3v) is 0. The van der Waals surface area contributed by atoms with E-state index in [9.17, 15) is 14.1 Å². The molecule has 0 amide bonds. The SMILES string of the molecule is C.[Cl][Sb]([Cl])([Cl])([Cl])[Cl].[F][Sb]([F])([F])([F])[F]. The van der Waals surface area contributed by atoms with E-state index in [1.54, 1.807) is 0 Å². The summed E-state index contributed by atoms with van der Waals surface area (Å²) in [7, 11) is 25.2. The van der Waals surface area contributed by atoms with Gasteiger partial charge in [0.2, 0.25) is 0 Å². The van der Waals surface area contributed by atoms with Gasteiger partial charge in [0, 0.05) is 0 Å². The van der Waals surface area contributed by atoms with E-state index >= 15 is 0 Å². The molecule has 0 saturated heterocycles. The molecule has 0 saturated carbocycles. The van der Waals surface area contributed by atoms with Crippen molar-refractivity contribution in [1.29, 1.82) is 0 Å². The summed E-state index contributed by atoms with van der Waals surface area (Å²) < 4.78 is 49.6. The average Bonchev–Trinajstić information content (AvgIpc) is 1.02. The molecule has 0 unspecified atom stereocenters. The summed E-state index contributed by atoms with van der Waals surface area (Å²) in [5, 5.41) is 0. The molecule has 0 aromatic carbocycles. The Labute approximate surface area is 96.1 Å². The van der Waals surface area contributed by atoms with Gasteiger partial charge in [-0.05, 0) is 0 Å². The van der Waals surface area contributed by atoms with Crippen molar-refractivity contribution in [2.45, 2.75) is 7.43 Å². The van der Waals surface area contributed by atoms with E-state index in [2.05, 4.69) is 0 Å². The van der Waals surface area contributed by atoms with Crippen LogP contribution in [0.15, 0.2) is 0 Å². The molecular weight excluding hydrogens is 528 g/mol. The number of rotatable bonds is 0. The third-order valence-electron chi connectivity index (χ3n) is 0. The summed E-state index contributed by atoms with van der Waals surface area (Å²) in [5.41, 5.74) is 0. The minimum atomic E-state index is -9.19. The van der Waals surface area contributed by atoms with Crippen LogP contribution in [0.3, 0.4) is 0 Å². The van der Waals surface area contributed by atoms with Crippen LogP contribution in [0.5, 0.6) is 0 Å². The fourth-order valence-electron chi connectivity index (χ4n) is 0. The standard InChI is InChI=1S/CH4.5ClH.5FH.2Sb/h1H4;10*1H;;/q;;;;;;;;;;;2*+5/p-10.